The summed E-state index contributed by atoms with van der Waals surface area (Å²) in [7, 11) is 0. The molecular weight excluding hydrogens is 246 g/mol. The number of nitrogen functional groups attached to an aromatic ring is 1. The van der Waals surface area contributed by atoms with Crippen molar-refractivity contribution in [3.63, 3.8) is 0 Å². The summed E-state index contributed by atoms with van der Waals surface area (Å²) in [6.45, 7) is 0. The second kappa shape index (κ2) is 4.01. The zero-order valence-corrected chi connectivity index (χ0v) is 10.1. The highest BCUT2D eigenvalue weighted by molar-refractivity contribution is 6.01. The number of nitrogens with one attached hydrogen (secondary N) is 1. The lowest BCUT2D eigenvalue weighted by molar-refractivity contribution is -0.135. The van der Waals surface area contributed by atoms with E-state index in [1.807, 2.05) is 0 Å². The minimum absolute atomic E-state index is 0.00296. The number of imide groups is 1. The molecule has 0 bridgehead atoms. The van der Waals surface area contributed by atoms with E-state index in [4.69, 9.17) is 5.73 Å². The average molecular weight is 259 g/mol. The molecule has 6 heteroatoms. The van der Waals surface area contributed by atoms with Gasteiger partial charge in [0.25, 0.3) is 0 Å². The molecule has 1 aromatic heterocycles. The monoisotopic (exact) mass is 259 g/mol. The molecule has 1 unspecified atom stereocenters. The second-order valence-electron chi connectivity index (χ2n) is 4.64. The highest BCUT2D eigenvalue weighted by atomic mass is 16.3. The molecule has 0 aliphatic carbocycles. The SMILES string of the molecule is Nc1cccc2c(O)n(C3CCC(=O)NC3=O)cc12. The summed E-state index contributed by atoms with van der Waals surface area (Å²) in [5, 5.41) is 13.8. The third-order valence-electron chi connectivity index (χ3n) is 3.44. The van der Waals surface area contributed by atoms with Crippen LogP contribution in [-0.4, -0.2) is 21.5 Å². The zero-order valence-electron chi connectivity index (χ0n) is 10.1. The molecule has 1 atom stereocenters. The Labute approximate surface area is 108 Å². The summed E-state index contributed by atoms with van der Waals surface area (Å²) < 4.78 is 1.48. The van der Waals surface area contributed by atoms with Crippen molar-refractivity contribution in [3.05, 3.63) is 24.4 Å². The van der Waals surface area contributed by atoms with E-state index in [1.54, 1.807) is 24.4 Å². The van der Waals surface area contributed by atoms with Crippen LogP contribution in [0.4, 0.5) is 5.69 Å². The number of benzene rings is 1. The van der Waals surface area contributed by atoms with Gasteiger partial charge in [-0.1, -0.05) is 6.07 Å². The molecule has 1 saturated heterocycles. The van der Waals surface area contributed by atoms with Crippen molar-refractivity contribution in [2.75, 3.05) is 5.73 Å². The maximum absolute atomic E-state index is 11.8. The molecule has 1 aliphatic rings. The van der Waals surface area contributed by atoms with Gasteiger partial charge in [-0.25, -0.2) is 0 Å². The maximum atomic E-state index is 11.8. The Morgan fingerprint density at radius 1 is 1.32 bits per heavy atom. The predicted octanol–water partition coefficient (Wildman–Crippen LogP) is 0.907. The van der Waals surface area contributed by atoms with Gasteiger partial charge in [-0.2, -0.15) is 0 Å². The van der Waals surface area contributed by atoms with Gasteiger partial charge in [-0.05, 0) is 18.6 Å². The Bertz CT molecular complexity index is 690. The molecule has 1 aliphatic heterocycles. The second-order valence-corrected chi connectivity index (χ2v) is 4.64. The molecule has 2 heterocycles. The van der Waals surface area contributed by atoms with Crippen LogP contribution in [0.15, 0.2) is 24.4 Å². The highest BCUT2D eigenvalue weighted by Gasteiger charge is 2.30. The third-order valence-corrected chi connectivity index (χ3v) is 3.44. The molecule has 19 heavy (non-hydrogen) atoms. The number of carbonyl (C=O) groups excluding carboxylic acids is 2. The molecule has 1 fully saturated rings. The zero-order chi connectivity index (χ0) is 13.6. The molecule has 2 amide bonds. The van der Waals surface area contributed by atoms with Crippen molar-refractivity contribution >= 4 is 28.3 Å². The molecule has 1 aromatic carbocycles. The van der Waals surface area contributed by atoms with Crippen LogP contribution in [0, 0.1) is 0 Å². The van der Waals surface area contributed by atoms with Crippen LogP contribution in [0.25, 0.3) is 10.8 Å². The number of carbonyl (C=O) groups is 2. The Morgan fingerprint density at radius 2 is 2.11 bits per heavy atom. The van der Waals surface area contributed by atoms with Gasteiger partial charge < -0.3 is 15.4 Å². The highest BCUT2D eigenvalue weighted by Crippen LogP contribution is 2.35. The van der Waals surface area contributed by atoms with Gasteiger partial charge >= 0.3 is 0 Å². The largest absolute Gasteiger partial charge is 0.494 e. The van der Waals surface area contributed by atoms with Crippen molar-refractivity contribution < 1.29 is 14.7 Å². The Morgan fingerprint density at radius 3 is 2.79 bits per heavy atom. The van der Waals surface area contributed by atoms with E-state index in [9.17, 15) is 14.7 Å². The van der Waals surface area contributed by atoms with Gasteiger partial charge in [-0.15, -0.1) is 0 Å². The quantitative estimate of drug-likeness (QED) is 0.523. The number of fused-ring (bicyclic) bond motifs is 1. The number of nitrogens with zero attached hydrogens (tertiary/aromatic N) is 1. The lowest BCUT2D eigenvalue weighted by Crippen LogP contribution is -2.41. The van der Waals surface area contributed by atoms with Crippen LogP contribution in [-0.2, 0) is 9.59 Å². The minimum Gasteiger partial charge on any atom is -0.494 e. The first kappa shape index (κ1) is 11.6. The summed E-state index contributed by atoms with van der Waals surface area (Å²) in [6.07, 6.45) is 2.29. The Balaban J connectivity index is 2.11. The molecular formula is C13H13N3O3. The summed E-state index contributed by atoms with van der Waals surface area (Å²) in [5.74, 6) is -0.681. The van der Waals surface area contributed by atoms with Crippen LogP contribution in [0.5, 0.6) is 5.88 Å². The fraction of sp³-hybridized carbons (Fsp3) is 0.231. The first-order valence-electron chi connectivity index (χ1n) is 5.99. The summed E-state index contributed by atoms with van der Waals surface area (Å²) >= 11 is 0. The number of hydrogen-bond acceptors (Lipinski definition) is 4. The van der Waals surface area contributed by atoms with Crippen LogP contribution >= 0.6 is 0 Å². The topological polar surface area (TPSA) is 97.3 Å². The van der Waals surface area contributed by atoms with E-state index in [0.29, 0.717) is 22.9 Å². The van der Waals surface area contributed by atoms with Crippen molar-refractivity contribution in [3.8, 4) is 5.88 Å². The first-order valence-corrected chi connectivity index (χ1v) is 5.99. The molecule has 98 valence electrons. The van der Waals surface area contributed by atoms with Crippen molar-refractivity contribution in [2.45, 2.75) is 18.9 Å². The molecule has 0 spiro atoms. The Hall–Kier alpha value is -2.50. The number of hydrogen-bond donors (Lipinski definition) is 3. The molecule has 3 rings (SSSR count). The summed E-state index contributed by atoms with van der Waals surface area (Å²) in [6, 6.07) is 4.64. The van der Waals surface area contributed by atoms with E-state index in [0.717, 1.165) is 0 Å². The van der Waals surface area contributed by atoms with Crippen molar-refractivity contribution in [1.82, 2.24) is 9.88 Å². The van der Waals surface area contributed by atoms with Gasteiger partial charge in [0.2, 0.25) is 11.8 Å². The van der Waals surface area contributed by atoms with Gasteiger partial charge in [0.1, 0.15) is 6.04 Å². The molecule has 0 saturated carbocycles. The fourth-order valence-electron chi connectivity index (χ4n) is 2.45. The van der Waals surface area contributed by atoms with E-state index in [1.165, 1.54) is 4.57 Å². The minimum atomic E-state index is -0.579. The van der Waals surface area contributed by atoms with Crippen LogP contribution in [0.2, 0.25) is 0 Å². The fourth-order valence-corrected chi connectivity index (χ4v) is 2.45. The van der Waals surface area contributed by atoms with Crippen LogP contribution < -0.4 is 11.1 Å². The van der Waals surface area contributed by atoms with E-state index >= 15 is 0 Å². The van der Waals surface area contributed by atoms with Gasteiger partial charge in [0, 0.05) is 29.1 Å². The predicted molar refractivity (Wildman–Crippen MR) is 69.4 cm³/mol. The van der Waals surface area contributed by atoms with E-state index in [2.05, 4.69) is 5.32 Å². The van der Waals surface area contributed by atoms with Crippen LogP contribution in [0.1, 0.15) is 18.9 Å². The number of piperidine rings is 1. The number of rotatable bonds is 1. The molecule has 0 radical (unpaired) electrons. The third kappa shape index (κ3) is 1.72. The standard InChI is InChI=1S/C13H13N3O3/c14-9-3-1-2-7-8(9)6-16(13(7)19)10-4-5-11(17)15-12(10)18/h1-3,6,10,19H,4-5,14H2,(H,15,17,18). The number of nitrogens with two attached hydrogens (primary N) is 1. The lowest BCUT2D eigenvalue weighted by Gasteiger charge is -2.22. The average Bonchev–Trinajstić information content (AvgIpc) is 2.69. The molecule has 6 nitrogen and oxygen atoms in total. The lowest BCUT2D eigenvalue weighted by atomic mass is 10.1. The normalized spacial score (nSPS) is 19.7. The maximum Gasteiger partial charge on any atom is 0.249 e. The first-order chi connectivity index (χ1) is 9.08. The molecule has 2 aromatic rings. The molecule has 4 N–H and O–H groups in total. The Kier molecular flexibility index (Phi) is 2.45. The van der Waals surface area contributed by atoms with Crippen molar-refractivity contribution in [2.24, 2.45) is 0 Å². The van der Waals surface area contributed by atoms with Crippen LogP contribution in [0.3, 0.4) is 0 Å². The number of aromatic nitrogens is 1. The van der Waals surface area contributed by atoms with E-state index in [-0.39, 0.29) is 18.2 Å². The number of anilines is 1. The van der Waals surface area contributed by atoms with Gasteiger partial charge in [0.15, 0.2) is 5.88 Å². The number of aromatic hydroxyl groups is 1. The number of amides is 2. The van der Waals surface area contributed by atoms with Crippen molar-refractivity contribution in [1.29, 1.82) is 0 Å². The smallest absolute Gasteiger partial charge is 0.249 e. The summed E-state index contributed by atoms with van der Waals surface area (Å²) in [5.41, 5.74) is 6.39. The van der Waals surface area contributed by atoms with Gasteiger partial charge in [-0.3, -0.25) is 14.9 Å². The van der Waals surface area contributed by atoms with Gasteiger partial charge in [0.05, 0.1) is 0 Å². The van der Waals surface area contributed by atoms with E-state index < -0.39 is 11.9 Å². The summed E-state index contributed by atoms with van der Waals surface area (Å²) in [4.78, 5) is 23.0.